The van der Waals surface area contributed by atoms with Gasteiger partial charge >= 0.3 is 11.7 Å². The standard InChI is InChI=1S/C17H25NO6/c1-12(8-16(19)24-17(2,3)4)10-23-11-13-6-7-15(22-5)14(9-13)18(20)21/h6-7,9,12H,8,10-11H2,1-5H3/t12-/m1/s1. The molecule has 1 aromatic carbocycles. The predicted molar refractivity (Wildman–Crippen MR) is 88.9 cm³/mol. The summed E-state index contributed by atoms with van der Waals surface area (Å²) in [6.45, 7) is 7.94. The highest BCUT2D eigenvalue weighted by atomic mass is 16.6. The number of carbonyl (C=O) groups excluding carboxylic acids is 1. The predicted octanol–water partition coefficient (Wildman–Crippen LogP) is 3.49. The van der Waals surface area contributed by atoms with E-state index in [1.807, 2.05) is 27.7 Å². The Morgan fingerprint density at radius 1 is 1.33 bits per heavy atom. The minimum atomic E-state index is -0.500. The van der Waals surface area contributed by atoms with Gasteiger partial charge < -0.3 is 14.2 Å². The summed E-state index contributed by atoms with van der Waals surface area (Å²) in [7, 11) is 1.39. The van der Waals surface area contributed by atoms with Crippen LogP contribution < -0.4 is 4.74 Å². The van der Waals surface area contributed by atoms with Crippen molar-refractivity contribution in [2.24, 2.45) is 5.92 Å². The molecule has 0 saturated heterocycles. The summed E-state index contributed by atoms with van der Waals surface area (Å²) in [5, 5.41) is 11.0. The quantitative estimate of drug-likeness (QED) is 0.409. The fraction of sp³-hybridized carbons (Fsp3) is 0.588. The molecule has 0 fully saturated rings. The Balaban J connectivity index is 2.48. The van der Waals surface area contributed by atoms with Crippen molar-refractivity contribution < 1.29 is 23.9 Å². The topological polar surface area (TPSA) is 87.9 Å². The fourth-order valence-electron chi connectivity index (χ4n) is 2.07. The molecule has 0 N–H and O–H groups in total. The minimum Gasteiger partial charge on any atom is -0.490 e. The van der Waals surface area contributed by atoms with E-state index in [9.17, 15) is 14.9 Å². The lowest BCUT2D eigenvalue weighted by Gasteiger charge is -2.21. The molecule has 0 aliphatic rings. The highest BCUT2D eigenvalue weighted by Gasteiger charge is 2.19. The second kappa shape index (κ2) is 8.63. The van der Waals surface area contributed by atoms with Crippen molar-refractivity contribution in [2.45, 2.75) is 46.3 Å². The Kier molecular flexibility index (Phi) is 7.16. The molecule has 134 valence electrons. The number of hydrogen-bond donors (Lipinski definition) is 0. The molecule has 0 aliphatic carbocycles. The average molecular weight is 339 g/mol. The normalized spacial score (nSPS) is 12.5. The lowest BCUT2D eigenvalue weighted by molar-refractivity contribution is -0.385. The number of nitrogens with zero attached hydrogens (tertiary/aromatic N) is 1. The van der Waals surface area contributed by atoms with Gasteiger partial charge in [0.05, 0.1) is 31.7 Å². The Bertz CT molecular complexity index is 579. The SMILES string of the molecule is COc1ccc(COC[C@H](C)CC(=O)OC(C)(C)C)cc1[N+](=O)[O-]. The van der Waals surface area contributed by atoms with Crippen LogP contribution >= 0.6 is 0 Å². The van der Waals surface area contributed by atoms with Crippen LogP contribution in [-0.2, 0) is 20.9 Å². The molecule has 7 nitrogen and oxygen atoms in total. The summed E-state index contributed by atoms with van der Waals surface area (Å²) in [6, 6.07) is 4.68. The third-order valence-corrected chi connectivity index (χ3v) is 3.05. The molecule has 1 aromatic rings. The zero-order valence-electron chi connectivity index (χ0n) is 14.8. The molecule has 1 atom stereocenters. The first-order valence-electron chi connectivity index (χ1n) is 7.73. The summed E-state index contributed by atoms with van der Waals surface area (Å²) < 4.78 is 15.8. The Hall–Kier alpha value is -2.15. The zero-order valence-corrected chi connectivity index (χ0v) is 14.8. The maximum atomic E-state index is 11.7. The molecule has 0 bridgehead atoms. The highest BCUT2D eigenvalue weighted by Crippen LogP contribution is 2.27. The molecule has 7 heteroatoms. The molecule has 0 radical (unpaired) electrons. The van der Waals surface area contributed by atoms with Gasteiger partial charge in [-0.15, -0.1) is 0 Å². The molecular formula is C17H25NO6. The Morgan fingerprint density at radius 2 is 2.00 bits per heavy atom. The monoisotopic (exact) mass is 339 g/mol. The smallest absolute Gasteiger partial charge is 0.311 e. The molecule has 0 aliphatic heterocycles. The first-order valence-corrected chi connectivity index (χ1v) is 7.73. The van der Waals surface area contributed by atoms with Crippen molar-refractivity contribution in [1.29, 1.82) is 0 Å². The molecule has 0 aromatic heterocycles. The van der Waals surface area contributed by atoms with E-state index < -0.39 is 10.5 Å². The van der Waals surface area contributed by atoms with Crippen LogP contribution in [0.25, 0.3) is 0 Å². The van der Waals surface area contributed by atoms with Crippen molar-refractivity contribution in [2.75, 3.05) is 13.7 Å². The Labute approximate surface area is 142 Å². The third-order valence-electron chi connectivity index (χ3n) is 3.05. The maximum absolute atomic E-state index is 11.7. The van der Waals surface area contributed by atoms with Gasteiger partial charge in [0.1, 0.15) is 5.60 Å². The van der Waals surface area contributed by atoms with Crippen LogP contribution in [-0.4, -0.2) is 30.2 Å². The average Bonchev–Trinajstić information content (AvgIpc) is 2.44. The summed E-state index contributed by atoms with van der Waals surface area (Å²) >= 11 is 0. The molecular weight excluding hydrogens is 314 g/mol. The number of carbonyl (C=O) groups is 1. The van der Waals surface area contributed by atoms with Crippen molar-refractivity contribution in [3.63, 3.8) is 0 Å². The number of ether oxygens (including phenoxy) is 3. The van der Waals surface area contributed by atoms with Crippen LogP contribution in [0, 0.1) is 16.0 Å². The summed E-state index contributed by atoms with van der Waals surface area (Å²) in [5.74, 6) is -0.0613. The van der Waals surface area contributed by atoms with E-state index in [2.05, 4.69) is 0 Å². The summed E-state index contributed by atoms with van der Waals surface area (Å²) in [4.78, 5) is 22.2. The number of esters is 1. The van der Waals surface area contributed by atoms with Crippen molar-refractivity contribution in [1.82, 2.24) is 0 Å². The largest absolute Gasteiger partial charge is 0.490 e. The Morgan fingerprint density at radius 3 is 2.54 bits per heavy atom. The molecule has 24 heavy (non-hydrogen) atoms. The van der Waals surface area contributed by atoms with E-state index in [4.69, 9.17) is 14.2 Å². The number of rotatable bonds is 8. The second-order valence-electron chi connectivity index (χ2n) is 6.67. The number of benzene rings is 1. The molecule has 0 spiro atoms. The van der Waals surface area contributed by atoms with Gasteiger partial charge in [0.25, 0.3) is 0 Å². The zero-order chi connectivity index (χ0) is 18.3. The second-order valence-corrected chi connectivity index (χ2v) is 6.67. The first-order chi connectivity index (χ1) is 11.1. The maximum Gasteiger partial charge on any atom is 0.311 e. The first kappa shape index (κ1) is 19.9. The van der Waals surface area contributed by atoms with Gasteiger partial charge in [-0.1, -0.05) is 13.0 Å². The van der Waals surface area contributed by atoms with Crippen molar-refractivity contribution >= 4 is 11.7 Å². The van der Waals surface area contributed by atoms with E-state index in [-0.39, 0.29) is 36.4 Å². The van der Waals surface area contributed by atoms with E-state index in [0.29, 0.717) is 12.2 Å². The summed E-state index contributed by atoms with van der Waals surface area (Å²) in [6.07, 6.45) is 0.264. The fourth-order valence-corrected chi connectivity index (χ4v) is 2.07. The lowest BCUT2D eigenvalue weighted by Crippen LogP contribution is -2.25. The minimum absolute atomic E-state index is 0.00640. The van der Waals surface area contributed by atoms with Gasteiger partial charge in [0.2, 0.25) is 0 Å². The van der Waals surface area contributed by atoms with E-state index in [1.165, 1.54) is 13.2 Å². The molecule has 0 saturated carbocycles. The van der Waals surface area contributed by atoms with Crippen LogP contribution in [0.3, 0.4) is 0 Å². The van der Waals surface area contributed by atoms with Gasteiger partial charge in [-0.2, -0.15) is 0 Å². The van der Waals surface area contributed by atoms with Gasteiger partial charge in [-0.25, -0.2) is 0 Å². The van der Waals surface area contributed by atoms with E-state index in [0.717, 1.165) is 0 Å². The van der Waals surface area contributed by atoms with Gasteiger partial charge in [-0.3, -0.25) is 14.9 Å². The van der Waals surface area contributed by atoms with E-state index >= 15 is 0 Å². The van der Waals surface area contributed by atoms with Crippen LogP contribution in [0.2, 0.25) is 0 Å². The van der Waals surface area contributed by atoms with Crippen LogP contribution in [0.5, 0.6) is 5.75 Å². The third kappa shape index (κ3) is 6.95. The summed E-state index contributed by atoms with van der Waals surface area (Å²) in [5.41, 5.74) is 0.0760. The van der Waals surface area contributed by atoms with Crippen LogP contribution in [0.1, 0.15) is 39.7 Å². The number of nitro benzene ring substituents is 1. The van der Waals surface area contributed by atoms with Gasteiger partial charge in [0.15, 0.2) is 5.75 Å². The lowest BCUT2D eigenvalue weighted by atomic mass is 10.1. The van der Waals surface area contributed by atoms with Crippen LogP contribution in [0.4, 0.5) is 5.69 Å². The van der Waals surface area contributed by atoms with Gasteiger partial charge in [0, 0.05) is 6.07 Å². The van der Waals surface area contributed by atoms with E-state index in [1.54, 1.807) is 12.1 Å². The van der Waals surface area contributed by atoms with Crippen molar-refractivity contribution in [3.8, 4) is 5.75 Å². The number of hydrogen-bond acceptors (Lipinski definition) is 6. The molecule has 0 heterocycles. The van der Waals surface area contributed by atoms with Crippen molar-refractivity contribution in [3.05, 3.63) is 33.9 Å². The number of methoxy groups -OCH3 is 1. The highest BCUT2D eigenvalue weighted by molar-refractivity contribution is 5.70. The van der Waals surface area contributed by atoms with Gasteiger partial charge in [-0.05, 0) is 38.3 Å². The molecule has 0 unspecified atom stereocenters. The van der Waals surface area contributed by atoms with Crippen LogP contribution in [0.15, 0.2) is 18.2 Å². The number of nitro groups is 1. The molecule has 1 rings (SSSR count). The molecule has 0 amide bonds.